The number of carbonyl (C=O) groups is 1. The third-order valence-electron chi connectivity index (χ3n) is 3.89. The number of aryl methyl sites for hydroxylation is 1. The Morgan fingerprint density at radius 3 is 2.52 bits per heavy atom. The number of benzene rings is 2. The molecule has 0 aliphatic rings. The van der Waals surface area contributed by atoms with Crippen molar-refractivity contribution in [3.05, 3.63) is 64.0 Å². The maximum Gasteiger partial charge on any atom is 0.328 e. The predicted octanol–water partition coefficient (Wildman–Crippen LogP) is 2.19. The molecule has 130 valence electrons. The van der Waals surface area contributed by atoms with Crippen LogP contribution in [0.1, 0.15) is 0 Å². The smallest absolute Gasteiger partial charge is 0.328 e. The van der Waals surface area contributed by atoms with Crippen LogP contribution in [0.25, 0.3) is 11.0 Å². The number of hydrogen-bond donors (Lipinski definition) is 1. The molecule has 25 heavy (non-hydrogen) atoms. The van der Waals surface area contributed by atoms with Crippen molar-refractivity contribution in [1.82, 2.24) is 14.5 Å². The van der Waals surface area contributed by atoms with Gasteiger partial charge in [-0.05, 0) is 36.4 Å². The van der Waals surface area contributed by atoms with Crippen molar-refractivity contribution >= 4 is 28.5 Å². The summed E-state index contributed by atoms with van der Waals surface area (Å²) in [7, 11) is 1.74. The van der Waals surface area contributed by atoms with Gasteiger partial charge in [-0.2, -0.15) is 0 Å². The maximum atomic E-state index is 12.3. The van der Waals surface area contributed by atoms with Crippen molar-refractivity contribution in [1.29, 1.82) is 0 Å². The summed E-state index contributed by atoms with van der Waals surface area (Å²) < 4.78 is 8.63. The first-order chi connectivity index (χ1) is 12.1. The number of rotatable bonds is 6. The molecule has 0 unspecified atom stereocenters. The highest BCUT2D eigenvalue weighted by molar-refractivity contribution is 6.30. The van der Waals surface area contributed by atoms with Crippen LogP contribution in [-0.4, -0.2) is 28.2 Å². The van der Waals surface area contributed by atoms with Crippen LogP contribution in [0.15, 0.2) is 53.3 Å². The van der Waals surface area contributed by atoms with E-state index in [2.05, 4.69) is 5.32 Å². The molecule has 3 aromatic rings. The van der Waals surface area contributed by atoms with E-state index in [0.717, 1.165) is 11.0 Å². The standard InChI is InChI=1S/C18H18ClN3O3/c1-21-15-4-2-3-5-16(15)22(18(21)24)11-10-20-17(23)12-25-14-8-6-13(19)7-9-14/h2-9H,10-12H2,1H3,(H,20,23). The molecule has 6 nitrogen and oxygen atoms in total. The number of amides is 1. The van der Waals surface area contributed by atoms with Gasteiger partial charge in [-0.1, -0.05) is 23.7 Å². The molecule has 0 aliphatic heterocycles. The van der Waals surface area contributed by atoms with Crippen LogP contribution < -0.4 is 15.7 Å². The number of para-hydroxylation sites is 2. The Bertz CT molecular complexity index is 944. The van der Waals surface area contributed by atoms with Gasteiger partial charge in [0.2, 0.25) is 0 Å². The zero-order valence-corrected chi connectivity index (χ0v) is 14.5. The van der Waals surface area contributed by atoms with E-state index in [4.69, 9.17) is 16.3 Å². The molecule has 0 spiro atoms. The number of nitrogens with one attached hydrogen (secondary N) is 1. The van der Waals surface area contributed by atoms with Crippen molar-refractivity contribution in [3.8, 4) is 5.75 Å². The Balaban J connectivity index is 1.54. The lowest BCUT2D eigenvalue weighted by atomic mass is 10.3. The fraction of sp³-hybridized carbons (Fsp3) is 0.222. The number of aromatic nitrogens is 2. The van der Waals surface area contributed by atoms with Gasteiger partial charge in [-0.25, -0.2) is 4.79 Å². The molecule has 3 rings (SSSR count). The summed E-state index contributed by atoms with van der Waals surface area (Å²) in [6.45, 7) is 0.648. The molecule has 1 heterocycles. The highest BCUT2D eigenvalue weighted by Crippen LogP contribution is 2.15. The van der Waals surface area contributed by atoms with Crippen LogP contribution in [0.5, 0.6) is 5.75 Å². The average molecular weight is 360 g/mol. The van der Waals surface area contributed by atoms with Crippen LogP contribution in [0.3, 0.4) is 0 Å². The Morgan fingerprint density at radius 2 is 1.80 bits per heavy atom. The van der Waals surface area contributed by atoms with Crippen molar-refractivity contribution in [2.75, 3.05) is 13.2 Å². The predicted molar refractivity (Wildman–Crippen MR) is 97.1 cm³/mol. The van der Waals surface area contributed by atoms with E-state index in [9.17, 15) is 9.59 Å². The van der Waals surface area contributed by atoms with Gasteiger partial charge in [0.1, 0.15) is 5.75 Å². The number of imidazole rings is 1. The molecule has 0 fully saturated rings. The molecule has 0 bridgehead atoms. The van der Waals surface area contributed by atoms with Gasteiger partial charge in [0, 0.05) is 25.2 Å². The Hall–Kier alpha value is -2.73. The van der Waals surface area contributed by atoms with Crippen LogP contribution in [0.2, 0.25) is 5.02 Å². The number of hydrogen-bond acceptors (Lipinski definition) is 3. The zero-order chi connectivity index (χ0) is 17.8. The summed E-state index contributed by atoms with van der Waals surface area (Å²) in [5.74, 6) is 0.327. The number of carbonyl (C=O) groups excluding carboxylic acids is 1. The van der Waals surface area contributed by atoms with Crippen LogP contribution in [0, 0.1) is 0 Å². The molecule has 2 aromatic carbocycles. The average Bonchev–Trinajstić information content (AvgIpc) is 2.86. The Kier molecular flexibility index (Phi) is 5.09. The minimum absolute atomic E-state index is 0.0912. The largest absolute Gasteiger partial charge is 0.484 e. The first kappa shape index (κ1) is 17.1. The van der Waals surface area contributed by atoms with E-state index in [1.54, 1.807) is 40.4 Å². The first-order valence-corrected chi connectivity index (χ1v) is 8.23. The van der Waals surface area contributed by atoms with Crippen molar-refractivity contribution in [2.24, 2.45) is 7.05 Å². The third kappa shape index (κ3) is 3.85. The molecular weight excluding hydrogens is 342 g/mol. The summed E-state index contributed by atoms with van der Waals surface area (Å²) in [5.41, 5.74) is 1.61. The van der Waals surface area contributed by atoms with Gasteiger partial charge >= 0.3 is 5.69 Å². The molecule has 1 amide bonds. The molecule has 0 radical (unpaired) electrons. The summed E-state index contributed by atoms with van der Waals surface area (Å²) >= 11 is 5.79. The topological polar surface area (TPSA) is 65.3 Å². The van der Waals surface area contributed by atoms with Gasteiger partial charge in [-0.15, -0.1) is 0 Å². The minimum atomic E-state index is -0.247. The van der Waals surface area contributed by atoms with Crippen molar-refractivity contribution < 1.29 is 9.53 Å². The lowest BCUT2D eigenvalue weighted by molar-refractivity contribution is -0.123. The van der Waals surface area contributed by atoms with E-state index in [0.29, 0.717) is 23.9 Å². The highest BCUT2D eigenvalue weighted by Gasteiger charge is 2.10. The second-order valence-corrected chi connectivity index (χ2v) is 6.01. The van der Waals surface area contributed by atoms with E-state index < -0.39 is 0 Å². The fourth-order valence-corrected chi connectivity index (χ4v) is 2.74. The maximum absolute atomic E-state index is 12.3. The first-order valence-electron chi connectivity index (χ1n) is 7.85. The van der Waals surface area contributed by atoms with Gasteiger partial charge in [0.25, 0.3) is 5.91 Å². The highest BCUT2D eigenvalue weighted by atomic mass is 35.5. The van der Waals surface area contributed by atoms with Crippen molar-refractivity contribution in [2.45, 2.75) is 6.54 Å². The lowest BCUT2D eigenvalue weighted by Crippen LogP contribution is -2.33. The van der Waals surface area contributed by atoms with E-state index in [-0.39, 0.29) is 18.2 Å². The van der Waals surface area contributed by atoms with E-state index in [1.165, 1.54) is 0 Å². The SMILES string of the molecule is Cn1c(=O)n(CCNC(=O)COc2ccc(Cl)cc2)c2ccccc21. The normalized spacial score (nSPS) is 10.8. The third-order valence-corrected chi connectivity index (χ3v) is 4.14. The molecule has 0 aliphatic carbocycles. The molecule has 7 heteroatoms. The summed E-state index contributed by atoms with van der Waals surface area (Å²) in [5, 5.41) is 3.36. The molecule has 0 saturated heterocycles. The van der Waals surface area contributed by atoms with Gasteiger partial charge in [-0.3, -0.25) is 13.9 Å². The Morgan fingerprint density at radius 1 is 1.12 bits per heavy atom. The van der Waals surface area contributed by atoms with Crippen LogP contribution in [0.4, 0.5) is 0 Å². The molecule has 0 saturated carbocycles. The van der Waals surface area contributed by atoms with E-state index in [1.807, 2.05) is 24.3 Å². The second kappa shape index (κ2) is 7.44. The van der Waals surface area contributed by atoms with Crippen molar-refractivity contribution in [3.63, 3.8) is 0 Å². The minimum Gasteiger partial charge on any atom is -0.484 e. The Labute approximate surface area is 149 Å². The second-order valence-electron chi connectivity index (χ2n) is 5.57. The van der Waals surface area contributed by atoms with Gasteiger partial charge < -0.3 is 10.1 Å². The van der Waals surface area contributed by atoms with Gasteiger partial charge in [0.05, 0.1) is 11.0 Å². The number of halogens is 1. The molecule has 0 atom stereocenters. The molecule has 1 aromatic heterocycles. The van der Waals surface area contributed by atoms with Gasteiger partial charge in [0.15, 0.2) is 6.61 Å². The lowest BCUT2D eigenvalue weighted by Gasteiger charge is -2.08. The summed E-state index contributed by atoms with van der Waals surface area (Å²) in [6, 6.07) is 14.4. The zero-order valence-electron chi connectivity index (χ0n) is 13.7. The fourth-order valence-electron chi connectivity index (χ4n) is 2.62. The monoisotopic (exact) mass is 359 g/mol. The number of fused-ring (bicyclic) bond motifs is 1. The summed E-state index contributed by atoms with van der Waals surface area (Å²) in [4.78, 5) is 24.2. The van der Waals surface area contributed by atoms with Crippen LogP contribution >= 0.6 is 11.6 Å². The summed E-state index contributed by atoms with van der Waals surface area (Å²) in [6.07, 6.45) is 0. The van der Waals surface area contributed by atoms with Crippen LogP contribution in [-0.2, 0) is 18.4 Å². The molecular formula is C18H18ClN3O3. The number of nitrogens with zero attached hydrogens (tertiary/aromatic N) is 2. The molecule has 1 N–H and O–H groups in total. The van der Waals surface area contributed by atoms with E-state index >= 15 is 0 Å². The quantitative estimate of drug-likeness (QED) is 0.733. The number of ether oxygens (including phenoxy) is 1.